The van der Waals surface area contributed by atoms with Crippen molar-refractivity contribution >= 4 is 16.9 Å². The largest absolute Gasteiger partial charge is 0.416 e. The number of halogens is 3. The number of hydrogen-bond donors (Lipinski definition) is 1. The van der Waals surface area contributed by atoms with E-state index in [9.17, 15) is 18.0 Å². The zero-order valence-electron chi connectivity index (χ0n) is 12.3. The second-order valence-electron chi connectivity index (χ2n) is 5.13. The molecule has 0 aliphatic carbocycles. The molecule has 0 atom stereocenters. The van der Waals surface area contributed by atoms with Gasteiger partial charge in [0.05, 0.1) is 5.56 Å². The van der Waals surface area contributed by atoms with Gasteiger partial charge in [-0.3, -0.25) is 4.79 Å². The Kier molecular flexibility index (Phi) is 4.16. The summed E-state index contributed by atoms with van der Waals surface area (Å²) < 4.78 is 38.0. The summed E-state index contributed by atoms with van der Waals surface area (Å²) >= 11 is 0. The highest BCUT2D eigenvalue weighted by molar-refractivity contribution is 5.94. The fourth-order valence-electron chi connectivity index (χ4n) is 2.21. The monoisotopic (exact) mass is 331 g/mol. The van der Waals surface area contributed by atoms with Gasteiger partial charge in [-0.2, -0.15) is 13.2 Å². The summed E-state index contributed by atoms with van der Waals surface area (Å²) in [5.41, 5.74) is 0.205. The van der Waals surface area contributed by atoms with Crippen molar-refractivity contribution in [1.82, 2.24) is 15.3 Å². The highest BCUT2D eigenvalue weighted by Gasteiger charge is 2.30. The number of pyridine rings is 2. The number of carbonyl (C=O) groups is 1. The van der Waals surface area contributed by atoms with E-state index in [-0.39, 0.29) is 12.2 Å². The van der Waals surface area contributed by atoms with Crippen LogP contribution in [0.5, 0.6) is 0 Å². The summed E-state index contributed by atoms with van der Waals surface area (Å²) in [6.45, 7) is -0.0231. The highest BCUT2D eigenvalue weighted by atomic mass is 19.4. The van der Waals surface area contributed by atoms with Crippen LogP contribution in [0.3, 0.4) is 0 Å². The van der Waals surface area contributed by atoms with Crippen LogP contribution in [0.4, 0.5) is 13.2 Å². The molecule has 122 valence electrons. The average Bonchev–Trinajstić information content (AvgIpc) is 2.59. The number of nitrogens with zero attached hydrogens (tertiary/aromatic N) is 2. The lowest BCUT2D eigenvalue weighted by molar-refractivity contribution is -0.137. The molecule has 4 nitrogen and oxygen atoms in total. The summed E-state index contributed by atoms with van der Waals surface area (Å²) in [4.78, 5) is 20.3. The summed E-state index contributed by atoms with van der Waals surface area (Å²) in [5, 5.41) is 3.36. The molecule has 0 saturated heterocycles. The zero-order chi connectivity index (χ0) is 17.2. The third-order valence-electron chi connectivity index (χ3n) is 3.40. The van der Waals surface area contributed by atoms with E-state index < -0.39 is 17.6 Å². The third kappa shape index (κ3) is 3.51. The lowest BCUT2D eigenvalue weighted by Gasteiger charge is -2.09. The smallest absolute Gasteiger partial charge is 0.347 e. The molecule has 1 N–H and O–H groups in total. The van der Waals surface area contributed by atoms with E-state index in [0.717, 1.165) is 17.5 Å². The Balaban J connectivity index is 1.73. The molecule has 0 radical (unpaired) electrons. The maximum atomic E-state index is 12.7. The fraction of sp³-hybridized carbons (Fsp3) is 0.118. The van der Waals surface area contributed by atoms with Crippen LogP contribution >= 0.6 is 0 Å². The Morgan fingerprint density at radius 1 is 1.08 bits per heavy atom. The van der Waals surface area contributed by atoms with Crippen LogP contribution in [-0.4, -0.2) is 15.9 Å². The predicted molar refractivity (Wildman–Crippen MR) is 82.2 cm³/mol. The molecule has 0 aliphatic rings. The van der Waals surface area contributed by atoms with Crippen molar-refractivity contribution in [3.63, 3.8) is 0 Å². The number of alkyl halides is 3. The number of benzene rings is 1. The van der Waals surface area contributed by atoms with Crippen molar-refractivity contribution in [3.8, 4) is 0 Å². The van der Waals surface area contributed by atoms with Gasteiger partial charge in [-0.25, -0.2) is 9.97 Å². The lowest BCUT2D eigenvalue weighted by atomic mass is 10.1. The van der Waals surface area contributed by atoms with Gasteiger partial charge in [0, 0.05) is 18.1 Å². The number of hydrogen-bond acceptors (Lipinski definition) is 3. The first-order valence-electron chi connectivity index (χ1n) is 7.09. The van der Waals surface area contributed by atoms with Gasteiger partial charge >= 0.3 is 6.18 Å². The van der Waals surface area contributed by atoms with Crippen LogP contribution in [0.15, 0.2) is 54.7 Å². The van der Waals surface area contributed by atoms with Crippen LogP contribution < -0.4 is 5.32 Å². The van der Waals surface area contributed by atoms with Crippen molar-refractivity contribution in [2.24, 2.45) is 0 Å². The first-order valence-corrected chi connectivity index (χ1v) is 7.09. The minimum Gasteiger partial charge on any atom is -0.347 e. The molecule has 3 aromatic rings. The number of fused-ring (bicyclic) bond motifs is 1. The Bertz CT molecular complexity index is 893. The Morgan fingerprint density at radius 3 is 2.71 bits per heavy atom. The summed E-state index contributed by atoms with van der Waals surface area (Å²) in [7, 11) is 0. The van der Waals surface area contributed by atoms with E-state index in [0.29, 0.717) is 11.2 Å². The van der Waals surface area contributed by atoms with Crippen LogP contribution in [0.1, 0.15) is 21.6 Å². The minimum atomic E-state index is -4.41. The van der Waals surface area contributed by atoms with Gasteiger partial charge in [-0.15, -0.1) is 0 Å². The quantitative estimate of drug-likeness (QED) is 0.798. The van der Waals surface area contributed by atoms with Crippen molar-refractivity contribution in [2.45, 2.75) is 12.7 Å². The van der Waals surface area contributed by atoms with Crippen molar-refractivity contribution < 1.29 is 18.0 Å². The molecule has 0 bridgehead atoms. The SMILES string of the molecule is O=C(NCc1cccc(C(F)(F)F)c1)c1ccc2cccnc2n1. The number of nitrogens with one attached hydrogen (secondary N) is 1. The molecule has 0 aliphatic heterocycles. The lowest BCUT2D eigenvalue weighted by Crippen LogP contribution is -2.24. The predicted octanol–water partition coefficient (Wildman–Crippen LogP) is 3.58. The molecule has 2 heterocycles. The number of aromatic nitrogens is 2. The van der Waals surface area contributed by atoms with Gasteiger partial charge in [0.25, 0.3) is 5.91 Å². The molecule has 1 amide bonds. The maximum absolute atomic E-state index is 12.7. The number of carbonyl (C=O) groups excluding carboxylic acids is 1. The summed E-state index contributed by atoms with van der Waals surface area (Å²) in [6, 6.07) is 11.7. The topological polar surface area (TPSA) is 54.9 Å². The van der Waals surface area contributed by atoms with E-state index >= 15 is 0 Å². The zero-order valence-corrected chi connectivity index (χ0v) is 12.3. The normalized spacial score (nSPS) is 11.5. The molecule has 1 aromatic carbocycles. The second-order valence-corrected chi connectivity index (χ2v) is 5.13. The van der Waals surface area contributed by atoms with Crippen LogP contribution in [0.2, 0.25) is 0 Å². The molecule has 24 heavy (non-hydrogen) atoms. The van der Waals surface area contributed by atoms with E-state index in [2.05, 4.69) is 15.3 Å². The summed E-state index contributed by atoms with van der Waals surface area (Å²) in [6.07, 6.45) is -2.84. The minimum absolute atomic E-state index is 0.0231. The van der Waals surface area contributed by atoms with Gasteiger partial charge in [0.2, 0.25) is 0 Å². The maximum Gasteiger partial charge on any atom is 0.416 e. The van der Waals surface area contributed by atoms with Crippen LogP contribution in [0.25, 0.3) is 11.0 Å². The van der Waals surface area contributed by atoms with E-state index in [1.165, 1.54) is 12.1 Å². The van der Waals surface area contributed by atoms with Gasteiger partial charge in [0.15, 0.2) is 5.65 Å². The van der Waals surface area contributed by atoms with Crippen LogP contribution in [-0.2, 0) is 12.7 Å². The van der Waals surface area contributed by atoms with Crippen molar-refractivity contribution in [2.75, 3.05) is 0 Å². The third-order valence-corrected chi connectivity index (χ3v) is 3.40. The van der Waals surface area contributed by atoms with Gasteiger partial charge in [0.1, 0.15) is 5.69 Å². The second kappa shape index (κ2) is 6.27. The molecule has 0 spiro atoms. The van der Waals surface area contributed by atoms with E-state index in [1.54, 1.807) is 24.4 Å². The molecule has 3 rings (SSSR count). The van der Waals surface area contributed by atoms with E-state index in [4.69, 9.17) is 0 Å². The first kappa shape index (κ1) is 15.9. The Morgan fingerprint density at radius 2 is 1.92 bits per heavy atom. The molecule has 0 saturated carbocycles. The molecular weight excluding hydrogens is 319 g/mol. The molecule has 0 unspecified atom stereocenters. The standard InChI is InChI=1S/C17H12F3N3O/c18-17(19,20)13-5-1-3-11(9-13)10-22-16(24)14-7-6-12-4-2-8-21-15(12)23-14/h1-9H,10H2,(H,22,24). The van der Waals surface area contributed by atoms with Gasteiger partial charge in [-0.1, -0.05) is 12.1 Å². The first-order chi connectivity index (χ1) is 11.4. The molecule has 2 aromatic heterocycles. The van der Waals surface area contributed by atoms with Crippen LogP contribution in [0, 0.1) is 0 Å². The van der Waals surface area contributed by atoms with Gasteiger partial charge < -0.3 is 5.32 Å². The van der Waals surface area contributed by atoms with Crippen molar-refractivity contribution in [3.05, 3.63) is 71.5 Å². The highest BCUT2D eigenvalue weighted by Crippen LogP contribution is 2.29. The Labute approximate surface area is 135 Å². The molecule has 7 heteroatoms. The van der Waals surface area contributed by atoms with E-state index in [1.807, 2.05) is 6.07 Å². The van der Waals surface area contributed by atoms with Gasteiger partial charge in [-0.05, 0) is 42.0 Å². The Hall–Kier alpha value is -2.96. The summed E-state index contributed by atoms with van der Waals surface area (Å²) in [5.74, 6) is -0.472. The molecular formula is C17H12F3N3O. The van der Waals surface area contributed by atoms with Crippen molar-refractivity contribution in [1.29, 1.82) is 0 Å². The fourth-order valence-corrected chi connectivity index (χ4v) is 2.21. The molecule has 0 fully saturated rings. The number of amides is 1. The average molecular weight is 331 g/mol. The number of rotatable bonds is 3.